The highest BCUT2D eigenvalue weighted by Gasteiger charge is 2.14. The Balaban J connectivity index is 2.85. The van der Waals surface area contributed by atoms with Crippen molar-refractivity contribution in [3.8, 4) is 11.5 Å². The summed E-state index contributed by atoms with van der Waals surface area (Å²) in [6, 6.07) is 5.20. The molecule has 0 heterocycles. The molecular weight excluding hydrogens is 302 g/mol. The zero-order chi connectivity index (χ0) is 16.5. The van der Waals surface area contributed by atoms with E-state index in [9.17, 15) is 9.59 Å². The highest BCUT2D eigenvalue weighted by Crippen LogP contribution is 2.33. The van der Waals surface area contributed by atoms with E-state index in [1.165, 1.54) is 11.8 Å². The van der Waals surface area contributed by atoms with Gasteiger partial charge in [-0.1, -0.05) is 6.92 Å². The van der Waals surface area contributed by atoms with Crippen LogP contribution in [0.15, 0.2) is 23.1 Å². The molecule has 0 N–H and O–H groups in total. The molecule has 0 atom stereocenters. The molecule has 0 saturated heterocycles. The molecule has 0 radical (unpaired) electrons. The second-order valence-electron chi connectivity index (χ2n) is 4.49. The fourth-order valence-electron chi connectivity index (χ4n) is 1.81. The van der Waals surface area contributed by atoms with Crippen LogP contribution in [-0.4, -0.2) is 42.7 Å². The van der Waals surface area contributed by atoms with Crippen LogP contribution in [0.1, 0.15) is 27.2 Å². The molecule has 0 aliphatic carbocycles. The Morgan fingerprint density at radius 3 is 2.41 bits per heavy atom. The first kappa shape index (κ1) is 18.4. The summed E-state index contributed by atoms with van der Waals surface area (Å²) in [5.74, 6) is 1.18. The second-order valence-corrected chi connectivity index (χ2v) is 5.51. The summed E-state index contributed by atoms with van der Waals surface area (Å²) >= 11 is 1.35. The summed E-state index contributed by atoms with van der Waals surface area (Å²) in [5, 5.41) is 0. The van der Waals surface area contributed by atoms with E-state index >= 15 is 0 Å². The molecule has 0 unspecified atom stereocenters. The SMILES string of the molecule is CCC(=O)Oc1ccc(OC)cc1SCC(=O)N(CC)CC. The molecule has 5 nitrogen and oxygen atoms in total. The molecule has 1 rings (SSSR count). The number of methoxy groups -OCH3 is 1. The lowest BCUT2D eigenvalue weighted by atomic mass is 10.3. The number of esters is 1. The summed E-state index contributed by atoms with van der Waals surface area (Å²) in [4.78, 5) is 26.1. The van der Waals surface area contributed by atoms with Crippen LogP contribution in [-0.2, 0) is 9.59 Å². The Bertz CT molecular complexity index is 515. The van der Waals surface area contributed by atoms with Gasteiger partial charge in [-0.05, 0) is 32.0 Å². The van der Waals surface area contributed by atoms with E-state index in [-0.39, 0.29) is 11.9 Å². The van der Waals surface area contributed by atoms with Crippen molar-refractivity contribution < 1.29 is 19.1 Å². The molecule has 6 heteroatoms. The first-order valence-electron chi connectivity index (χ1n) is 7.34. The van der Waals surface area contributed by atoms with E-state index < -0.39 is 0 Å². The quantitative estimate of drug-likeness (QED) is 0.418. The number of amides is 1. The van der Waals surface area contributed by atoms with Gasteiger partial charge in [0, 0.05) is 19.5 Å². The van der Waals surface area contributed by atoms with Crippen molar-refractivity contribution in [1.29, 1.82) is 0 Å². The van der Waals surface area contributed by atoms with E-state index in [1.807, 2.05) is 13.8 Å². The maximum absolute atomic E-state index is 12.1. The molecule has 122 valence electrons. The average Bonchev–Trinajstić information content (AvgIpc) is 2.54. The van der Waals surface area contributed by atoms with E-state index in [0.29, 0.717) is 36.8 Å². The van der Waals surface area contributed by atoms with Gasteiger partial charge in [0.05, 0.1) is 17.8 Å². The smallest absolute Gasteiger partial charge is 0.310 e. The molecule has 0 saturated carbocycles. The predicted molar refractivity (Wildman–Crippen MR) is 87.6 cm³/mol. The van der Waals surface area contributed by atoms with Gasteiger partial charge in [0.2, 0.25) is 5.91 Å². The molecule has 0 aliphatic rings. The monoisotopic (exact) mass is 325 g/mol. The number of nitrogens with zero attached hydrogens (tertiary/aromatic N) is 1. The third-order valence-electron chi connectivity index (χ3n) is 3.13. The number of rotatable bonds is 8. The number of hydrogen-bond acceptors (Lipinski definition) is 5. The summed E-state index contributed by atoms with van der Waals surface area (Å²) in [5.41, 5.74) is 0. The highest BCUT2D eigenvalue weighted by atomic mass is 32.2. The second kappa shape index (κ2) is 9.35. The van der Waals surface area contributed by atoms with Crippen LogP contribution in [0.25, 0.3) is 0 Å². The fraction of sp³-hybridized carbons (Fsp3) is 0.500. The van der Waals surface area contributed by atoms with Gasteiger partial charge in [0.15, 0.2) is 0 Å². The molecular formula is C16H23NO4S. The minimum absolute atomic E-state index is 0.0607. The zero-order valence-electron chi connectivity index (χ0n) is 13.5. The van der Waals surface area contributed by atoms with Crippen LogP contribution in [0.5, 0.6) is 11.5 Å². The number of ether oxygens (including phenoxy) is 2. The maximum atomic E-state index is 12.1. The normalized spacial score (nSPS) is 10.2. The minimum atomic E-state index is -0.304. The van der Waals surface area contributed by atoms with Crippen LogP contribution < -0.4 is 9.47 Å². The van der Waals surface area contributed by atoms with Crippen molar-refractivity contribution >= 4 is 23.6 Å². The van der Waals surface area contributed by atoms with Crippen molar-refractivity contribution in [2.75, 3.05) is 26.0 Å². The third-order valence-corrected chi connectivity index (χ3v) is 4.15. The number of benzene rings is 1. The van der Waals surface area contributed by atoms with Crippen LogP contribution in [0.2, 0.25) is 0 Å². The van der Waals surface area contributed by atoms with Crippen molar-refractivity contribution in [1.82, 2.24) is 4.90 Å². The first-order valence-corrected chi connectivity index (χ1v) is 8.33. The van der Waals surface area contributed by atoms with Gasteiger partial charge in [-0.3, -0.25) is 9.59 Å². The van der Waals surface area contributed by atoms with Gasteiger partial charge in [-0.25, -0.2) is 0 Å². The molecule has 0 aromatic heterocycles. The third kappa shape index (κ3) is 5.26. The Morgan fingerprint density at radius 1 is 1.18 bits per heavy atom. The predicted octanol–water partition coefficient (Wildman–Crippen LogP) is 2.97. The molecule has 0 spiro atoms. The van der Waals surface area contributed by atoms with Crippen molar-refractivity contribution in [3.05, 3.63) is 18.2 Å². The number of carbonyl (C=O) groups excluding carboxylic acids is 2. The Hall–Kier alpha value is -1.69. The lowest BCUT2D eigenvalue weighted by molar-refractivity contribution is -0.134. The van der Waals surface area contributed by atoms with Gasteiger partial charge in [0.1, 0.15) is 11.5 Å². The van der Waals surface area contributed by atoms with Crippen LogP contribution in [0.4, 0.5) is 0 Å². The zero-order valence-corrected chi connectivity index (χ0v) is 14.4. The Kier molecular flexibility index (Phi) is 7.80. The molecule has 22 heavy (non-hydrogen) atoms. The first-order chi connectivity index (χ1) is 10.5. The van der Waals surface area contributed by atoms with Crippen molar-refractivity contribution in [2.24, 2.45) is 0 Å². The van der Waals surface area contributed by atoms with Gasteiger partial charge >= 0.3 is 5.97 Å². The average molecular weight is 325 g/mol. The molecule has 0 bridgehead atoms. The molecule has 1 aromatic rings. The summed E-state index contributed by atoms with van der Waals surface area (Å²) in [7, 11) is 1.57. The van der Waals surface area contributed by atoms with E-state index in [0.717, 1.165) is 4.90 Å². The topological polar surface area (TPSA) is 55.8 Å². The molecule has 0 aliphatic heterocycles. The van der Waals surface area contributed by atoms with E-state index in [1.54, 1.807) is 37.1 Å². The lowest BCUT2D eigenvalue weighted by Gasteiger charge is -2.18. The van der Waals surface area contributed by atoms with Crippen molar-refractivity contribution in [2.45, 2.75) is 32.1 Å². The molecule has 0 fully saturated rings. The summed E-state index contributed by atoms with van der Waals surface area (Å²) < 4.78 is 10.5. The highest BCUT2D eigenvalue weighted by molar-refractivity contribution is 8.00. The summed E-state index contributed by atoms with van der Waals surface area (Å²) in [6.45, 7) is 7.01. The molecule has 1 amide bonds. The van der Waals surface area contributed by atoms with Gasteiger partial charge in [-0.15, -0.1) is 11.8 Å². The number of hydrogen-bond donors (Lipinski definition) is 0. The van der Waals surface area contributed by atoms with E-state index in [4.69, 9.17) is 9.47 Å². The Morgan fingerprint density at radius 2 is 1.86 bits per heavy atom. The number of thioether (sulfide) groups is 1. The molecule has 1 aromatic carbocycles. The van der Waals surface area contributed by atoms with E-state index in [2.05, 4.69) is 0 Å². The standard InChI is InChI=1S/C16H23NO4S/c1-5-16(19)21-13-9-8-12(20-4)10-14(13)22-11-15(18)17(6-2)7-3/h8-10H,5-7,11H2,1-4H3. The van der Waals surface area contributed by atoms with Crippen LogP contribution in [0, 0.1) is 0 Å². The van der Waals surface area contributed by atoms with Gasteiger partial charge < -0.3 is 14.4 Å². The minimum Gasteiger partial charge on any atom is -0.497 e. The summed E-state index contributed by atoms with van der Waals surface area (Å²) in [6.07, 6.45) is 0.300. The van der Waals surface area contributed by atoms with Gasteiger partial charge in [-0.2, -0.15) is 0 Å². The number of carbonyl (C=O) groups is 2. The Labute approximate surface area is 136 Å². The fourth-order valence-corrected chi connectivity index (χ4v) is 2.73. The van der Waals surface area contributed by atoms with Crippen molar-refractivity contribution in [3.63, 3.8) is 0 Å². The lowest BCUT2D eigenvalue weighted by Crippen LogP contribution is -2.31. The maximum Gasteiger partial charge on any atom is 0.310 e. The van der Waals surface area contributed by atoms with Gasteiger partial charge in [0.25, 0.3) is 0 Å². The largest absolute Gasteiger partial charge is 0.497 e. The van der Waals surface area contributed by atoms with Crippen LogP contribution in [0.3, 0.4) is 0 Å². The van der Waals surface area contributed by atoms with Crippen LogP contribution >= 0.6 is 11.8 Å².